The molecule has 1 amide bonds. The van der Waals surface area contributed by atoms with Gasteiger partial charge in [0.1, 0.15) is 11.8 Å². The summed E-state index contributed by atoms with van der Waals surface area (Å²) in [6.45, 7) is 2.60. The molecule has 5 heteroatoms. The summed E-state index contributed by atoms with van der Waals surface area (Å²) < 4.78 is 0. The van der Waals surface area contributed by atoms with Gasteiger partial charge < -0.3 is 20.4 Å². The third kappa shape index (κ3) is 3.94. The Morgan fingerprint density at radius 1 is 1.20 bits per heavy atom. The van der Waals surface area contributed by atoms with E-state index in [-0.39, 0.29) is 30.3 Å². The number of carbonyl (C=O) groups is 1. The van der Waals surface area contributed by atoms with E-state index >= 15 is 0 Å². The fourth-order valence-corrected chi connectivity index (χ4v) is 3.31. The Morgan fingerprint density at radius 3 is 2.64 bits per heavy atom. The number of aliphatic hydroxyl groups excluding tert-OH is 1. The first-order valence-electron chi connectivity index (χ1n) is 8.62. The number of hydrogen-bond donors (Lipinski definition) is 3. The minimum absolute atomic E-state index is 0.0884. The molecular weight excluding hydrogens is 316 g/mol. The SMILES string of the molecule is CC(C(=O)N[C@H](CO)Cc1ccc(O)cc1)N1CCc2ccccc21. The summed E-state index contributed by atoms with van der Waals surface area (Å²) in [4.78, 5) is 14.8. The quantitative estimate of drug-likeness (QED) is 0.751. The van der Waals surface area contributed by atoms with E-state index in [1.165, 1.54) is 5.56 Å². The highest BCUT2D eigenvalue weighted by molar-refractivity contribution is 5.86. The van der Waals surface area contributed by atoms with E-state index in [2.05, 4.69) is 16.3 Å². The Balaban J connectivity index is 1.63. The molecule has 1 aliphatic heterocycles. The van der Waals surface area contributed by atoms with Crippen molar-refractivity contribution in [1.82, 2.24) is 5.32 Å². The van der Waals surface area contributed by atoms with Gasteiger partial charge in [-0.3, -0.25) is 4.79 Å². The second kappa shape index (κ2) is 7.57. The van der Waals surface area contributed by atoms with Crippen LogP contribution in [-0.2, 0) is 17.6 Å². The average molecular weight is 340 g/mol. The highest BCUT2D eigenvalue weighted by Crippen LogP contribution is 2.29. The molecule has 25 heavy (non-hydrogen) atoms. The van der Waals surface area contributed by atoms with Crippen LogP contribution in [0.2, 0.25) is 0 Å². The van der Waals surface area contributed by atoms with Crippen LogP contribution in [0.5, 0.6) is 5.75 Å². The zero-order valence-corrected chi connectivity index (χ0v) is 14.4. The molecule has 0 saturated heterocycles. The van der Waals surface area contributed by atoms with Crippen LogP contribution in [0.4, 0.5) is 5.69 Å². The topological polar surface area (TPSA) is 72.8 Å². The largest absolute Gasteiger partial charge is 0.508 e. The molecule has 3 rings (SSSR count). The van der Waals surface area contributed by atoms with Gasteiger partial charge in [0, 0.05) is 12.2 Å². The molecule has 1 unspecified atom stereocenters. The highest BCUT2D eigenvalue weighted by Gasteiger charge is 2.28. The second-order valence-corrected chi connectivity index (χ2v) is 6.51. The van der Waals surface area contributed by atoms with Crippen LogP contribution in [0.15, 0.2) is 48.5 Å². The standard InChI is InChI=1S/C20H24N2O3/c1-14(22-11-10-16-4-2-3-5-19(16)22)20(25)21-17(13-23)12-15-6-8-18(24)9-7-15/h2-9,14,17,23-24H,10-13H2,1H3,(H,21,25)/t14?,17-/m0/s1. The van der Waals surface area contributed by atoms with Gasteiger partial charge in [-0.25, -0.2) is 0 Å². The maximum absolute atomic E-state index is 12.6. The third-order valence-corrected chi connectivity index (χ3v) is 4.76. The molecule has 5 nitrogen and oxygen atoms in total. The van der Waals surface area contributed by atoms with Crippen molar-refractivity contribution in [2.75, 3.05) is 18.1 Å². The normalized spacial score (nSPS) is 15.5. The fraction of sp³-hybridized carbons (Fsp3) is 0.350. The molecule has 1 heterocycles. The molecule has 2 aromatic carbocycles. The molecule has 2 aromatic rings. The number of phenolic OH excluding ortho intramolecular Hbond substituents is 1. The summed E-state index contributed by atoms with van der Waals surface area (Å²) >= 11 is 0. The first kappa shape index (κ1) is 17.3. The van der Waals surface area contributed by atoms with Gasteiger partial charge in [-0.1, -0.05) is 30.3 Å². The van der Waals surface area contributed by atoms with Gasteiger partial charge in [-0.05, 0) is 49.1 Å². The lowest BCUT2D eigenvalue weighted by Gasteiger charge is -2.28. The molecule has 0 fully saturated rings. The van der Waals surface area contributed by atoms with Crippen molar-refractivity contribution in [3.05, 3.63) is 59.7 Å². The van der Waals surface area contributed by atoms with Crippen LogP contribution in [-0.4, -0.2) is 41.4 Å². The van der Waals surface area contributed by atoms with E-state index in [0.29, 0.717) is 6.42 Å². The van der Waals surface area contributed by atoms with Gasteiger partial charge in [-0.15, -0.1) is 0 Å². The maximum atomic E-state index is 12.6. The molecular formula is C20H24N2O3. The number of amides is 1. The van der Waals surface area contributed by atoms with Crippen molar-refractivity contribution in [3.63, 3.8) is 0 Å². The van der Waals surface area contributed by atoms with Gasteiger partial charge in [0.2, 0.25) is 5.91 Å². The Hall–Kier alpha value is -2.53. The lowest BCUT2D eigenvalue weighted by molar-refractivity contribution is -0.123. The lowest BCUT2D eigenvalue weighted by atomic mass is 10.1. The summed E-state index contributed by atoms with van der Waals surface area (Å²) in [5.41, 5.74) is 3.34. The minimum Gasteiger partial charge on any atom is -0.508 e. The monoisotopic (exact) mass is 340 g/mol. The molecule has 2 atom stereocenters. The number of hydrogen-bond acceptors (Lipinski definition) is 4. The smallest absolute Gasteiger partial charge is 0.242 e. The summed E-state index contributed by atoms with van der Waals surface area (Å²) in [6.07, 6.45) is 1.47. The van der Waals surface area contributed by atoms with Crippen LogP contribution in [0.3, 0.4) is 0 Å². The molecule has 0 saturated carbocycles. The maximum Gasteiger partial charge on any atom is 0.242 e. The number of para-hydroxylation sites is 1. The molecule has 3 N–H and O–H groups in total. The fourth-order valence-electron chi connectivity index (χ4n) is 3.31. The molecule has 0 aliphatic carbocycles. The lowest BCUT2D eigenvalue weighted by Crippen LogP contribution is -2.49. The summed E-state index contributed by atoms with van der Waals surface area (Å²) in [7, 11) is 0. The number of fused-ring (bicyclic) bond motifs is 1. The Labute approximate surface area is 147 Å². The Bertz CT molecular complexity index is 730. The molecule has 1 aliphatic rings. The van der Waals surface area contributed by atoms with Crippen LogP contribution in [0.1, 0.15) is 18.1 Å². The van der Waals surface area contributed by atoms with Crippen LogP contribution in [0, 0.1) is 0 Å². The van der Waals surface area contributed by atoms with Crippen LogP contribution < -0.4 is 10.2 Å². The Morgan fingerprint density at radius 2 is 1.92 bits per heavy atom. The van der Waals surface area contributed by atoms with Gasteiger partial charge in [0.15, 0.2) is 0 Å². The first-order valence-corrected chi connectivity index (χ1v) is 8.62. The Kier molecular flexibility index (Phi) is 5.24. The molecule has 132 valence electrons. The minimum atomic E-state index is -0.350. The van der Waals surface area contributed by atoms with E-state index in [4.69, 9.17) is 0 Å². The van der Waals surface area contributed by atoms with Gasteiger partial charge in [0.05, 0.1) is 12.6 Å². The average Bonchev–Trinajstić information content (AvgIpc) is 3.06. The third-order valence-electron chi connectivity index (χ3n) is 4.76. The van der Waals surface area contributed by atoms with E-state index < -0.39 is 0 Å². The number of nitrogens with one attached hydrogen (secondary N) is 1. The van der Waals surface area contributed by atoms with E-state index in [1.54, 1.807) is 24.3 Å². The van der Waals surface area contributed by atoms with E-state index in [9.17, 15) is 15.0 Å². The molecule has 0 bridgehead atoms. The van der Waals surface area contributed by atoms with Crippen LogP contribution in [0.25, 0.3) is 0 Å². The number of aromatic hydroxyl groups is 1. The number of anilines is 1. The first-order chi connectivity index (χ1) is 12.1. The van der Waals surface area contributed by atoms with Gasteiger partial charge >= 0.3 is 0 Å². The highest BCUT2D eigenvalue weighted by atomic mass is 16.3. The molecule has 0 aromatic heterocycles. The van der Waals surface area contributed by atoms with Crippen molar-refractivity contribution in [2.24, 2.45) is 0 Å². The van der Waals surface area contributed by atoms with Gasteiger partial charge in [-0.2, -0.15) is 0 Å². The molecule has 0 radical (unpaired) electrons. The van der Waals surface area contributed by atoms with E-state index in [0.717, 1.165) is 24.2 Å². The second-order valence-electron chi connectivity index (χ2n) is 6.51. The number of nitrogens with zero attached hydrogens (tertiary/aromatic N) is 1. The molecule has 0 spiro atoms. The predicted molar refractivity (Wildman–Crippen MR) is 97.8 cm³/mol. The van der Waals surface area contributed by atoms with Crippen molar-refractivity contribution in [1.29, 1.82) is 0 Å². The summed E-state index contributed by atoms with van der Waals surface area (Å²) in [6, 6.07) is 14.3. The predicted octanol–water partition coefficient (Wildman–Crippen LogP) is 1.86. The van der Waals surface area contributed by atoms with E-state index in [1.807, 2.05) is 25.1 Å². The zero-order valence-electron chi connectivity index (χ0n) is 14.4. The zero-order chi connectivity index (χ0) is 17.8. The summed E-state index contributed by atoms with van der Waals surface area (Å²) in [5.74, 6) is 0.115. The van der Waals surface area contributed by atoms with Gasteiger partial charge in [0.25, 0.3) is 0 Å². The number of benzene rings is 2. The number of phenols is 1. The van der Waals surface area contributed by atoms with Crippen molar-refractivity contribution < 1.29 is 15.0 Å². The number of rotatable bonds is 6. The number of carbonyl (C=O) groups excluding carboxylic acids is 1. The summed E-state index contributed by atoms with van der Waals surface area (Å²) in [5, 5.41) is 21.9. The van der Waals surface area contributed by atoms with Crippen molar-refractivity contribution in [2.45, 2.75) is 31.8 Å². The number of aliphatic hydroxyl groups is 1. The van der Waals surface area contributed by atoms with Crippen molar-refractivity contribution >= 4 is 11.6 Å². The van der Waals surface area contributed by atoms with Crippen LogP contribution >= 0.6 is 0 Å². The van der Waals surface area contributed by atoms with Crippen molar-refractivity contribution in [3.8, 4) is 5.75 Å².